The summed E-state index contributed by atoms with van der Waals surface area (Å²) in [4.78, 5) is 31.9. The molecule has 96 heavy (non-hydrogen) atoms. The van der Waals surface area contributed by atoms with E-state index < -0.39 is 0 Å². The van der Waals surface area contributed by atoms with E-state index in [1.165, 1.54) is 0 Å². The van der Waals surface area contributed by atoms with Gasteiger partial charge in [0.1, 0.15) is 0 Å². The molecule has 0 spiro atoms. The maximum absolute atomic E-state index is 5.47. The zero-order valence-electron chi connectivity index (χ0n) is 52.3. The van der Waals surface area contributed by atoms with Gasteiger partial charge in [0.2, 0.25) is 0 Å². The van der Waals surface area contributed by atoms with Gasteiger partial charge in [-0.25, -0.2) is 29.9 Å². The summed E-state index contributed by atoms with van der Waals surface area (Å²) in [5.41, 5.74) is 24.9. The Hall–Kier alpha value is -12.9. The first-order valence-corrected chi connectivity index (χ1v) is 32.3. The fraction of sp³-hybridized carbons (Fsp3) is 0. The van der Waals surface area contributed by atoms with Crippen molar-refractivity contribution in [2.75, 3.05) is 0 Å². The molecule has 16 aromatic rings. The van der Waals surface area contributed by atoms with E-state index in [4.69, 9.17) is 29.9 Å². The van der Waals surface area contributed by atoms with E-state index in [-0.39, 0.29) is 0 Å². The molecule has 0 aliphatic carbocycles. The predicted octanol–water partition coefficient (Wildman–Crippen LogP) is 23.1. The Bertz CT molecular complexity index is 5270. The van der Waals surface area contributed by atoms with Gasteiger partial charge in [-0.2, -0.15) is 0 Å². The van der Waals surface area contributed by atoms with Crippen molar-refractivity contribution in [3.63, 3.8) is 0 Å². The number of aromatic nitrogens is 6. The summed E-state index contributed by atoms with van der Waals surface area (Å²) < 4.78 is 0. The molecule has 0 fully saturated rings. The Labute approximate surface area is 559 Å². The minimum atomic E-state index is 0.569. The Morgan fingerprint density at radius 3 is 0.469 bits per heavy atom. The van der Waals surface area contributed by atoms with E-state index in [2.05, 4.69) is 346 Å². The number of rotatable bonds is 15. The van der Waals surface area contributed by atoms with Crippen molar-refractivity contribution in [1.29, 1.82) is 0 Å². The van der Waals surface area contributed by atoms with Gasteiger partial charge < -0.3 is 0 Å². The third-order valence-corrected chi connectivity index (χ3v) is 17.5. The fourth-order valence-electron chi connectivity index (χ4n) is 12.6. The lowest BCUT2D eigenvalue weighted by Crippen LogP contribution is -2.01. The smallest absolute Gasteiger partial charge is 0.164 e. The van der Waals surface area contributed by atoms with Crippen LogP contribution < -0.4 is 0 Å². The molecule has 0 saturated carbocycles. The van der Waals surface area contributed by atoms with Gasteiger partial charge in [-0.1, -0.05) is 297 Å². The standard InChI is InChI=1S/C90H60N6/c1-7-24-61(25-8-1)70-37-20-42-75(51-70)85-91-86(76-43-21-38-71(52-76)62-26-9-2-10-27-62)93-87(92-85)78-45-23-40-73(54-78)68-48-46-67(47-49-68)69-36-19-41-74(50-69)82-56-81(66-34-17-6-18-35-66)59-84(60-82)90-95-88(77-44-22-39-72(53-77)63-28-11-3-12-29-63)94-89(96-90)83-57-79(64-30-13-4-14-31-64)55-80(58-83)65-32-15-5-16-33-65/h1-60H. The van der Waals surface area contributed by atoms with Crippen molar-refractivity contribution < 1.29 is 0 Å². The lowest BCUT2D eigenvalue weighted by molar-refractivity contribution is 1.07. The van der Waals surface area contributed by atoms with Gasteiger partial charge in [-0.3, -0.25) is 0 Å². The number of nitrogens with zero attached hydrogens (tertiary/aromatic N) is 6. The summed E-state index contributed by atoms with van der Waals surface area (Å²) in [5, 5.41) is 0. The Morgan fingerprint density at radius 2 is 0.229 bits per heavy atom. The van der Waals surface area contributed by atoms with Crippen molar-refractivity contribution in [2.24, 2.45) is 0 Å². The minimum absolute atomic E-state index is 0.569. The fourth-order valence-corrected chi connectivity index (χ4v) is 12.6. The molecule has 6 heteroatoms. The van der Waals surface area contributed by atoms with Crippen molar-refractivity contribution in [3.05, 3.63) is 364 Å². The first kappa shape index (κ1) is 58.2. The summed E-state index contributed by atoms with van der Waals surface area (Å²) in [6.45, 7) is 0. The van der Waals surface area contributed by atoms with Crippen LogP contribution in [0.3, 0.4) is 0 Å². The molecule has 2 heterocycles. The third-order valence-electron chi connectivity index (χ3n) is 17.5. The summed E-state index contributed by atoms with van der Waals surface area (Å²) in [7, 11) is 0. The molecule has 0 radical (unpaired) electrons. The number of hydrogen-bond acceptors (Lipinski definition) is 6. The van der Waals surface area contributed by atoms with Crippen LogP contribution in [0.5, 0.6) is 0 Å². The average Bonchev–Trinajstić information content (AvgIpc) is 0.800. The second kappa shape index (κ2) is 26.4. The Balaban J connectivity index is 0.763. The molecule has 14 aromatic carbocycles. The van der Waals surface area contributed by atoms with E-state index in [0.717, 1.165) is 134 Å². The molecule has 0 aliphatic heterocycles. The van der Waals surface area contributed by atoms with Crippen LogP contribution in [0.1, 0.15) is 0 Å². The highest BCUT2D eigenvalue weighted by Crippen LogP contribution is 2.39. The van der Waals surface area contributed by atoms with Crippen LogP contribution in [0.2, 0.25) is 0 Å². The molecular weight excluding hydrogens is 1170 g/mol. The van der Waals surface area contributed by atoms with Crippen LogP contribution in [0.15, 0.2) is 364 Å². The minimum Gasteiger partial charge on any atom is -0.208 e. The van der Waals surface area contributed by atoms with Gasteiger partial charge in [0.05, 0.1) is 0 Å². The molecule has 6 nitrogen and oxygen atoms in total. The first-order chi connectivity index (χ1) is 47.5. The molecule has 450 valence electrons. The highest BCUT2D eigenvalue weighted by molar-refractivity contribution is 5.86. The van der Waals surface area contributed by atoms with E-state index in [9.17, 15) is 0 Å². The maximum atomic E-state index is 5.47. The second-order valence-electron chi connectivity index (χ2n) is 23.9. The van der Waals surface area contributed by atoms with Gasteiger partial charge in [0, 0.05) is 33.4 Å². The lowest BCUT2D eigenvalue weighted by atomic mass is 9.93. The summed E-state index contributed by atoms with van der Waals surface area (Å²) in [6.07, 6.45) is 0. The topological polar surface area (TPSA) is 77.3 Å². The van der Waals surface area contributed by atoms with Crippen LogP contribution >= 0.6 is 0 Å². The highest BCUT2D eigenvalue weighted by atomic mass is 15.0. The van der Waals surface area contributed by atoms with Crippen LogP contribution in [0, 0.1) is 0 Å². The molecule has 0 atom stereocenters. The van der Waals surface area contributed by atoms with Crippen molar-refractivity contribution >= 4 is 0 Å². The second-order valence-corrected chi connectivity index (χ2v) is 23.9. The lowest BCUT2D eigenvalue weighted by Gasteiger charge is -2.14. The predicted molar refractivity (Wildman–Crippen MR) is 395 cm³/mol. The summed E-state index contributed by atoms with van der Waals surface area (Å²) >= 11 is 0. The largest absolute Gasteiger partial charge is 0.208 e. The van der Waals surface area contributed by atoms with Gasteiger partial charge in [-0.15, -0.1) is 0 Å². The van der Waals surface area contributed by atoms with Crippen molar-refractivity contribution in [2.45, 2.75) is 0 Å². The van der Waals surface area contributed by atoms with Gasteiger partial charge >= 0.3 is 0 Å². The number of hydrogen-bond donors (Lipinski definition) is 0. The van der Waals surface area contributed by atoms with Crippen LogP contribution in [0.4, 0.5) is 0 Å². The molecule has 0 bridgehead atoms. The highest BCUT2D eigenvalue weighted by Gasteiger charge is 2.20. The molecule has 2 aromatic heterocycles. The van der Waals surface area contributed by atoms with Crippen LogP contribution in [-0.2, 0) is 0 Å². The number of benzene rings is 14. The quantitative estimate of drug-likeness (QED) is 0.102. The average molecular weight is 1230 g/mol. The Kier molecular flexibility index (Phi) is 16.0. The van der Waals surface area contributed by atoms with E-state index in [0.29, 0.717) is 34.9 Å². The Morgan fingerprint density at radius 1 is 0.0938 bits per heavy atom. The molecule has 0 saturated heterocycles. The van der Waals surface area contributed by atoms with Crippen molar-refractivity contribution in [3.8, 4) is 168 Å². The molecule has 16 rings (SSSR count). The molecule has 0 unspecified atom stereocenters. The summed E-state index contributed by atoms with van der Waals surface area (Å²) in [6, 6.07) is 128. The molecule has 0 amide bonds. The van der Waals surface area contributed by atoms with E-state index in [1.807, 2.05) is 18.2 Å². The van der Waals surface area contributed by atoms with Crippen molar-refractivity contribution in [1.82, 2.24) is 29.9 Å². The van der Waals surface area contributed by atoms with Crippen LogP contribution in [-0.4, -0.2) is 29.9 Å². The molecular formula is C90H60N6. The maximum Gasteiger partial charge on any atom is 0.164 e. The van der Waals surface area contributed by atoms with Gasteiger partial charge in [-0.05, 0) is 167 Å². The molecule has 0 N–H and O–H groups in total. The molecule has 0 aliphatic rings. The van der Waals surface area contributed by atoms with E-state index in [1.54, 1.807) is 0 Å². The normalized spacial score (nSPS) is 11.1. The summed E-state index contributed by atoms with van der Waals surface area (Å²) in [5.74, 6) is 3.53. The van der Waals surface area contributed by atoms with Gasteiger partial charge in [0.15, 0.2) is 34.9 Å². The van der Waals surface area contributed by atoms with E-state index >= 15 is 0 Å². The first-order valence-electron chi connectivity index (χ1n) is 32.3. The monoisotopic (exact) mass is 1220 g/mol. The zero-order valence-corrected chi connectivity index (χ0v) is 52.3. The van der Waals surface area contributed by atoms with Crippen LogP contribution in [0.25, 0.3) is 168 Å². The van der Waals surface area contributed by atoms with Gasteiger partial charge in [0.25, 0.3) is 0 Å². The third kappa shape index (κ3) is 12.6. The zero-order chi connectivity index (χ0) is 64.0. The SMILES string of the molecule is c1ccc(-c2cccc(-c3nc(-c4cccc(-c5ccccc5)c4)nc(-c4cccc(-c5ccc(-c6cccc(-c7cc(-c8ccccc8)cc(-c8nc(-c9cccc(-c%10ccccc%10)c9)nc(-c9cc(-c%10ccccc%10)cc(-c%10ccccc%10)c9)n8)c7)c6)cc5)c4)n3)c2)cc1.